The molecule has 1 aromatic rings. The van der Waals surface area contributed by atoms with Crippen LogP contribution < -0.4 is 0 Å². The molecule has 6 nitrogen and oxygen atoms in total. The minimum atomic E-state index is -1.17. The zero-order chi connectivity index (χ0) is 13.3. The highest BCUT2D eigenvalue weighted by Gasteiger charge is 2.46. The highest BCUT2D eigenvalue weighted by molar-refractivity contribution is 6.12. The van der Waals surface area contributed by atoms with Gasteiger partial charge in [-0.05, 0) is 19.1 Å². The molecule has 1 atom stereocenters. The molecule has 6 heteroatoms. The number of carbonyl (C=O) groups excluding carboxylic acids is 2. The van der Waals surface area contributed by atoms with Crippen molar-refractivity contribution in [3.05, 3.63) is 39.9 Å². The maximum atomic E-state index is 12.2. The molecular formula is C12H11NO5. The van der Waals surface area contributed by atoms with Crippen LogP contribution in [0.5, 0.6) is 0 Å². The lowest BCUT2D eigenvalue weighted by molar-refractivity contribution is -0.384. The van der Waals surface area contributed by atoms with Gasteiger partial charge in [-0.2, -0.15) is 0 Å². The molecule has 1 saturated heterocycles. The van der Waals surface area contributed by atoms with E-state index in [2.05, 4.69) is 0 Å². The van der Waals surface area contributed by atoms with E-state index in [1.54, 1.807) is 0 Å². The van der Waals surface area contributed by atoms with Crippen molar-refractivity contribution in [3.8, 4) is 0 Å². The number of benzene rings is 1. The molecule has 94 valence electrons. The highest BCUT2D eigenvalue weighted by Crippen LogP contribution is 2.33. The van der Waals surface area contributed by atoms with E-state index in [1.807, 2.05) is 0 Å². The van der Waals surface area contributed by atoms with Gasteiger partial charge in [0.2, 0.25) is 0 Å². The Kier molecular flexibility index (Phi) is 2.86. The quantitative estimate of drug-likeness (QED) is 0.267. The first kappa shape index (κ1) is 12.2. The summed E-state index contributed by atoms with van der Waals surface area (Å²) in [7, 11) is 0. The zero-order valence-electron chi connectivity index (χ0n) is 9.71. The Balaban J connectivity index is 2.29. The minimum Gasteiger partial charge on any atom is -0.465 e. The summed E-state index contributed by atoms with van der Waals surface area (Å²) in [5.74, 6) is -0.897. The normalized spacial score (nSPS) is 22.6. The first-order valence-electron chi connectivity index (χ1n) is 5.41. The van der Waals surface area contributed by atoms with E-state index in [-0.39, 0.29) is 23.6 Å². The third-order valence-corrected chi connectivity index (χ3v) is 3.13. The molecule has 1 fully saturated rings. The monoisotopic (exact) mass is 249 g/mol. The molecule has 1 unspecified atom stereocenters. The van der Waals surface area contributed by atoms with Crippen molar-refractivity contribution in [1.82, 2.24) is 0 Å². The van der Waals surface area contributed by atoms with Crippen molar-refractivity contribution < 1.29 is 19.2 Å². The fourth-order valence-electron chi connectivity index (χ4n) is 1.87. The van der Waals surface area contributed by atoms with Crippen LogP contribution in [0.4, 0.5) is 5.69 Å². The predicted octanol–water partition coefficient (Wildman–Crippen LogP) is 1.73. The van der Waals surface area contributed by atoms with Gasteiger partial charge >= 0.3 is 5.97 Å². The van der Waals surface area contributed by atoms with Gasteiger partial charge in [0.1, 0.15) is 5.41 Å². The molecule has 1 heterocycles. The second-order valence-electron chi connectivity index (χ2n) is 4.35. The number of Topliss-reactive ketones (excluding diaryl/α,β-unsaturated/α-hetero) is 1. The number of rotatable bonds is 3. The number of ether oxygens (including phenoxy) is 1. The van der Waals surface area contributed by atoms with Crippen molar-refractivity contribution in [2.45, 2.75) is 13.3 Å². The zero-order valence-corrected chi connectivity index (χ0v) is 9.71. The third kappa shape index (κ3) is 1.85. The fourth-order valence-corrected chi connectivity index (χ4v) is 1.87. The fraction of sp³-hybridized carbons (Fsp3) is 0.333. The molecule has 0 bridgehead atoms. The molecule has 18 heavy (non-hydrogen) atoms. The van der Waals surface area contributed by atoms with Crippen LogP contribution in [0, 0.1) is 15.5 Å². The van der Waals surface area contributed by atoms with Crippen LogP contribution in [0.3, 0.4) is 0 Å². The Labute approximate surface area is 103 Å². The molecule has 0 saturated carbocycles. The summed E-state index contributed by atoms with van der Waals surface area (Å²) >= 11 is 0. The number of esters is 1. The lowest BCUT2D eigenvalue weighted by atomic mass is 9.81. The van der Waals surface area contributed by atoms with Gasteiger partial charge in [0.05, 0.1) is 11.5 Å². The molecule has 2 rings (SSSR count). The first-order chi connectivity index (χ1) is 8.45. The van der Waals surface area contributed by atoms with E-state index < -0.39 is 16.3 Å². The largest absolute Gasteiger partial charge is 0.465 e. The molecule has 0 spiro atoms. The van der Waals surface area contributed by atoms with Crippen LogP contribution in [0.25, 0.3) is 0 Å². The average molecular weight is 249 g/mol. The van der Waals surface area contributed by atoms with E-state index >= 15 is 0 Å². The summed E-state index contributed by atoms with van der Waals surface area (Å²) in [5, 5.41) is 10.5. The number of non-ortho nitro benzene ring substituents is 1. The van der Waals surface area contributed by atoms with Crippen molar-refractivity contribution in [1.29, 1.82) is 0 Å². The number of hydrogen-bond acceptors (Lipinski definition) is 5. The summed E-state index contributed by atoms with van der Waals surface area (Å²) < 4.78 is 4.81. The lowest BCUT2D eigenvalue weighted by Gasteiger charge is -2.16. The third-order valence-electron chi connectivity index (χ3n) is 3.13. The number of ketones is 1. The van der Waals surface area contributed by atoms with Crippen LogP contribution in [0.15, 0.2) is 24.3 Å². The van der Waals surface area contributed by atoms with Crippen LogP contribution >= 0.6 is 0 Å². The maximum Gasteiger partial charge on any atom is 0.319 e. The standard InChI is InChI=1S/C12H11NO5/c1-12(6-7-18-11(12)15)10(14)8-2-4-9(5-3-8)13(16)17/h2-5H,6-7H2,1H3. The van der Waals surface area contributed by atoms with Gasteiger partial charge in [-0.15, -0.1) is 0 Å². The maximum absolute atomic E-state index is 12.2. The van der Waals surface area contributed by atoms with E-state index in [0.717, 1.165) is 0 Å². The first-order valence-corrected chi connectivity index (χ1v) is 5.41. The van der Waals surface area contributed by atoms with Crippen LogP contribution in [-0.4, -0.2) is 23.3 Å². The van der Waals surface area contributed by atoms with E-state index in [0.29, 0.717) is 6.42 Å². The van der Waals surface area contributed by atoms with Crippen molar-refractivity contribution in [3.63, 3.8) is 0 Å². The molecule has 0 N–H and O–H groups in total. The number of hydrogen-bond donors (Lipinski definition) is 0. The summed E-state index contributed by atoms with van der Waals surface area (Å²) in [4.78, 5) is 33.7. The van der Waals surface area contributed by atoms with E-state index in [9.17, 15) is 19.7 Å². The molecule has 0 radical (unpaired) electrons. The number of nitrogens with zero attached hydrogens (tertiary/aromatic N) is 1. The van der Waals surface area contributed by atoms with Crippen molar-refractivity contribution in [2.24, 2.45) is 5.41 Å². The van der Waals surface area contributed by atoms with Gasteiger partial charge in [0.25, 0.3) is 5.69 Å². The summed E-state index contributed by atoms with van der Waals surface area (Å²) in [6.07, 6.45) is 0.335. The van der Waals surface area contributed by atoms with Crippen molar-refractivity contribution in [2.75, 3.05) is 6.61 Å². The number of nitro benzene ring substituents is 1. The second-order valence-corrected chi connectivity index (χ2v) is 4.35. The SMILES string of the molecule is CC1(C(=O)c2ccc([N+](=O)[O-])cc2)CCOC1=O. The van der Waals surface area contributed by atoms with E-state index in [4.69, 9.17) is 4.74 Å². The minimum absolute atomic E-state index is 0.0919. The van der Waals surface area contributed by atoms with Gasteiger partial charge in [-0.1, -0.05) is 0 Å². The van der Waals surface area contributed by atoms with Gasteiger partial charge in [0.15, 0.2) is 5.78 Å². The Bertz CT molecular complexity index is 522. The summed E-state index contributed by atoms with van der Waals surface area (Å²) in [6, 6.07) is 5.21. The van der Waals surface area contributed by atoms with Crippen LogP contribution in [0.1, 0.15) is 23.7 Å². The summed E-state index contributed by atoms with van der Waals surface area (Å²) in [6.45, 7) is 1.76. The molecule has 0 aliphatic carbocycles. The Morgan fingerprint density at radius 2 is 2.00 bits per heavy atom. The predicted molar refractivity (Wildman–Crippen MR) is 61.1 cm³/mol. The van der Waals surface area contributed by atoms with Crippen LogP contribution in [-0.2, 0) is 9.53 Å². The van der Waals surface area contributed by atoms with Gasteiger partial charge in [-0.25, -0.2) is 0 Å². The van der Waals surface area contributed by atoms with Gasteiger partial charge < -0.3 is 4.74 Å². The molecule has 0 amide bonds. The molecular weight excluding hydrogens is 238 g/mol. The summed E-state index contributed by atoms with van der Waals surface area (Å²) in [5.41, 5.74) is -0.983. The number of nitro groups is 1. The Morgan fingerprint density at radius 1 is 1.39 bits per heavy atom. The van der Waals surface area contributed by atoms with E-state index in [1.165, 1.54) is 31.2 Å². The van der Waals surface area contributed by atoms with Crippen molar-refractivity contribution >= 4 is 17.4 Å². The Hall–Kier alpha value is -2.24. The average Bonchev–Trinajstić information content (AvgIpc) is 2.70. The molecule has 1 aromatic carbocycles. The topological polar surface area (TPSA) is 86.5 Å². The van der Waals surface area contributed by atoms with Crippen LogP contribution in [0.2, 0.25) is 0 Å². The molecule has 0 aromatic heterocycles. The molecule has 1 aliphatic heterocycles. The number of carbonyl (C=O) groups is 2. The lowest BCUT2D eigenvalue weighted by Crippen LogP contribution is -2.32. The number of cyclic esters (lactones) is 1. The van der Waals surface area contributed by atoms with Gasteiger partial charge in [-0.3, -0.25) is 19.7 Å². The Morgan fingerprint density at radius 3 is 2.44 bits per heavy atom. The smallest absolute Gasteiger partial charge is 0.319 e. The highest BCUT2D eigenvalue weighted by atomic mass is 16.6. The van der Waals surface area contributed by atoms with Gasteiger partial charge in [0, 0.05) is 24.1 Å². The second kappa shape index (κ2) is 4.21. The molecule has 1 aliphatic rings.